The molecule has 2 aromatic heterocycles. The molecular formula is C22H33N6O9P. The molecule has 15 nitrogen and oxygen atoms in total. The second-order valence-corrected chi connectivity index (χ2v) is 10.9. The fourth-order valence-electron chi connectivity index (χ4n) is 3.61. The second kappa shape index (κ2) is 14.5. The van der Waals surface area contributed by atoms with E-state index in [9.17, 15) is 18.9 Å². The number of methoxy groups -OCH3 is 1. The Balaban J connectivity index is 0.000000550. The number of hydrogen-bond donors (Lipinski definition) is 3. The standard InChI is InChI=1S/C18H29N6O5P.C4H4O4/c1-13(2)9-14(18(25)27-3)24-5-4-7-29-30(24,26)12-28-8-6-23-11-22-15-16(19)20-10-21-17(15)23;5-3(6)1-2-4(7)8/h10-11,13-14H,4-9,12H2,1-3H3,(H2,19,20,21);1-2H,(H,5,6)(H,7,8)/b;2-1+/t14-,30?;/m0./s1. The molecule has 0 saturated carbocycles. The summed E-state index contributed by atoms with van der Waals surface area (Å²) in [5.74, 6) is -2.37. The van der Waals surface area contributed by atoms with Gasteiger partial charge in [0.25, 0.3) is 7.52 Å². The average molecular weight is 557 g/mol. The SMILES string of the molecule is COC(=O)[C@H](CC(C)C)N1CCCOP1(=O)COCCn1cnc2c(N)ncnc21.O=C(O)/C=C/C(=O)O. The summed E-state index contributed by atoms with van der Waals surface area (Å²) >= 11 is 0. The predicted octanol–water partition coefficient (Wildman–Crippen LogP) is 1.60. The number of anilines is 1. The smallest absolute Gasteiger partial charge is 0.328 e. The molecule has 1 aliphatic rings. The molecule has 3 rings (SSSR count). The lowest BCUT2D eigenvalue weighted by Crippen LogP contribution is -2.44. The molecule has 0 spiro atoms. The number of aliphatic carboxylic acids is 2. The molecule has 1 saturated heterocycles. The van der Waals surface area contributed by atoms with Gasteiger partial charge in [0.05, 0.1) is 26.7 Å². The second-order valence-electron chi connectivity index (χ2n) is 8.57. The van der Waals surface area contributed by atoms with E-state index in [1.807, 2.05) is 13.8 Å². The van der Waals surface area contributed by atoms with Crippen molar-refractivity contribution in [3.8, 4) is 0 Å². The van der Waals surface area contributed by atoms with E-state index in [-0.39, 0.29) is 18.9 Å². The zero-order chi connectivity index (χ0) is 28.3. The molecule has 0 aliphatic carbocycles. The molecule has 0 bridgehead atoms. The molecule has 38 heavy (non-hydrogen) atoms. The van der Waals surface area contributed by atoms with Gasteiger partial charge >= 0.3 is 17.9 Å². The predicted molar refractivity (Wildman–Crippen MR) is 135 cm³/mol. The van der Waals surface area contributed by atoms with Gasteiger partial charge in [-0.2, -0.15) is 0 Å². The van der Waals surface area contributed by atoms with E-state index in [1.54, 1.807) is 15.6 Å². The molecule has 210 valence electrons. The molecule has 2 aromatic rings. The summed E-state index contributed by atoms with van der Waals surface area (Å²) < 4.78 is 33.3. The van der Waals surface area contributed by atoms with Crippen LogP contribution >= 0.6 is 7.52 Å². The van der Waals surface area contributed by atoms with Gasteiger partial charge in [-0.25, -0.2) is 29.2 Å². The van der Waals surface area contributed by atoms with Gasteiger partial charge in [0, 0.05) is 25.2 Å². The number of carbonyl (C=O) groups is 3. The van der Waals surface area contributed by atoms with Gasteiger partial charge in [-0.3, -0.25) is 9.36 Å². The largest absolute Gasteiger partial charge is 0.478 e. The van der Waals surface area contributed by atoms with E-state index in [2.05, 4.69) is 15.0 Å². The lowest BCUT2D eigenvalue weighted by atomic mass is 10.0. The van der Waals surface area contributed by atoms with Crippen LogP contribution in [0.1, 0.15) is 26.7 Å². The maximum Gasteiger partial charge on any atom is 0.328 e. The molecule has 0 aromatic carbocycles. The van der Waals surface area contributed by atoms with Crippen LogP contribution in [0.3, 0.4) is 0 Å². The first kappa shape index (κ1) is 30.8. The van der Waals surface area contributed by atoms with Gasteiger partial charge in [-0.1, -0.05) is 13.8 Å². The number of fused-ring (bicyclic) bond motifs is 1. The van der Waals surface area contributed by atoms with Crippen molar-refractivity contribution in [1.82, 2.24) is 24.2 Å². The maximum absolute atomic E-state index is 13.5. The van der Waals surface area contributed by atoms with Crippen LogP contribution in [0.4, 0.5) is 5.82 Å². The topological polar surface area (TPSA) is 209 Å². The minimum atomic E-state index is -3.33. The third-order valence-electron chi connectivity index (χ3n) is 5.27. The maximum atomic E-state index is 13.5. The number of nitrogen functional groups attached to an aromatic ring is 1. The van der Waals surface area contributed by atoms with Crippen LogP contribution in [0.25, 0.3) is 11.2 Å². The first-order chi connectivity index (χ1) is 18.0. The minimum Gasteiger partial charge on any atom is -0.478 e. The van der Waals surface area contributed by atoms with Crippen molar-refractivity contribution < 1.29 is 43.2 Å². The van der Waals surface area contributed by atoms with Gasteiger partial charge in [0.15, 0.2) is 11.5 Å². The van der Waals surface area contributed by atoms with Crippen LogP contribution in [0, 0.1) is 5.92 Å². The van der Waals surface area contributed by atoms with E-state index in [0.29, 0.717) is 61.7 Å². The number of aromatic nitrogens is 4. The molecule has 1 unspecified atom stereocenters. The highest BCUT2D eigenvalue weighted by atomic mass is 31.2. The number of carbonyl (C=O) groups excluding carboxylic acids is 1. The number of ether oxygens (including phenoxy) is 2. The number of carboxylic acids is 2. The minimum absolute atomic E-state index is 0.109. The van der Waals surface area contributed by atoms with Crippen molar-refractivity contribution in [1.29, 1.82) is 0 Å². The Morgan fingerprint density at radius 2 is 1.89 bits per heavy atom. The molecule has 3 heterocycles. The third kappa shape index (κ3) is 8.87. The molecule has 0 radical (unpaired) electrons. The van der Waals surface area contributed by atoms with Crippen molar-refractivity contribution in [2.45, 2.75) is 39.3 Å². The summed E-state index contributed by atoms with van der Waals surface area (Å²) in [6, 6.07) is -0.623. The summed E-state index contributed by atoms with van der Waals surface area (Å²) in [4.78, 5) is 43.8. The first-order valence-corrected chi connectivity index (χ1v) is 13.5. The van der Waals surface area contributed by atoms with Crippen LogP contribution in [-0.2, 0) is 39.5 Å². The fraction of sp³-hybridized carbons (Fsp3) is 0.545. The molecule has 1 aliphatic heterocycles. The monoisotopic (exact) mass is 556 g/mol. The number of rotatable bonds is 11. The van der Waals surface area contributed by atoms with Crippen molar-refractivity contribution >= 4 is 42.4 Å². The van der Waals surface area contributed by atoms with E-state index in [1.165, 1.54) is 13.4 Å². The molecule has 0 amide bonds. The Morgan fingerprint density at radius 3 is 2.50 bits per heavy atom. The summed E-state index contributed by atoms with van der Waals surface area (Å²) in [6.45, 7) is 5.59. The van der Waals surface area contributed by atoms with Crippen molar-refractivity contribution in [3.05, 3.63) is 24.8 Å². The fourth-order valence-corrected chi connectivity index (χ4v) is 5.81. The Labute approximate surface area is 219 Å². The highest BCUT2D eigenvalue weighted by molar-refractivity contribution is 7.56. The van der Waals surface area contributed by atoms with E-state index >= 15 is 0 Å². The molecule has 1 fully saturated rings. The van der Waals surface area contributed by atoms with Crippen LogP contribution < -0.4 is 5.73 Å². The van der Waals surface area contributed by atoms with Gasteiger partial charge in [-0.15, -0.1) is 0 Å². The molecular weight excluding hydrogens is 523 g/mol. The zero-order valence-corrected chi connectivity index (χ0v) is 22.3. The van der Waals surface area contributed by atoms with Crippen molar-refractivity contribution in [2.24, 2.45) is 5.92 Å². The summed E-state index contributed by atoms with van der Waals surface area (Å²) in [5.41, 5.74) is 6.93. The Hall–Kier alpha value is -3.39. The third-order valence-corrected chi connectivity index (χ3v) is 7.63. The number of nitrogens with zero attached hydrogens (tertiary/aromatic N) is 5. The van der Waals surface area contributed by atoms with Gasteiger partial charge in [-0.05, 0) is 18.8 Å². The zero-order valence-electron chi connectivity index (χ0n) is 21.4. The van der Waals surface area contributed by atoms with Crippen LogP contribution in [0.5, 0.6) is 0 Å². The van der Waals surface area contributed by atoms with E-state index < -0.39 is 31.5 Å². The Morgan fingerprint density at radius 1 is 1.21 bits per heavy atom. The quantitative estimate of drug-likeness (QED) is 0.155. The van der Waals surface area contributed by atoms with Crippen LogP contribution in [0.2, 0.25) is 0 Å². The number of carboxylic acid groups (broad SMARTS) is 2. The van der Waals surface area contributed by atoms with Gasteiger partial charge < -0.3 is 34.5 Å². The van der Waals surface area contributed by atoms with E-state index in [0.717, 1.165) is 0 Å². The Bertz CT molecular complexity index is 1170. The van der Waals surface area contributed by atoms with E-state index in [4.69, 9.17) is 29.9 Å². The molecule has 4 N–H and O–H groups in total. The lowest BCUT2D eigenvalue weighted by Gasteiger charge is -2.39. The number of nitrogens with two attached hydrogens (primary N) is 1. The van der Waals surface area contributed by atoms with Crippen molar-refractivity contribution in [2.75, 3.05) is 38.9 Å². The van der Waals surface area contributed by atoms with Gasteiger partial charge in [0.1, 0.15) is 24.2 Å². The first-order valence-electron chi connectivity index (χ1n) is 11.7. The Kier molecular flexibility index (Phi) is 11.8. The number of hydrogen-bond acceptors (Lipinski definition) is 11. The number of esters is 1. The van der Waals surface area contributed by atoms with Crippen LogP contribution in [0.15, 0.2) is 24.8 Å². The lowest BCUT2D eigenvalue weighted by molar-refractivity contribution is -0.146. The highest BCUT2D eigenvalue weighted by Crippen LogP contribution is 2.55. The normalized spacial score (nSPS) is 18.7. The highest BCUT2D eigenvalue weighted by Gasteiger charge is 2.43. The van der Waals surface area contributed by atoms with Crippen molar-refractivity contribution in [3.63, 3.8) is 0 Å². The number of imidazole rings is 1. The summed E-state index contributed by atoms with van der Waals surface area (Å²) in [6.07, 6.45) is 5.22. The average Bonchev–Trinajstić information content (AvgIpc) is 3.28. The summed E-state index contributed by atoms with van der Waals surface area (Å²) in [7, 11) is -1.98. The van der Waals surface area contributed by atoms with Gasteiger partial charge in [0.2, 0.25) is 0 Å². The molecule has 16 heteroatoms. The summed E-state index contributed by atoms with van der Waals surface area (Å²) in [5, 5.41) is 15.6. The molecule has 2 atom stereocenters. The van der Waals surface area contributed by atoms with Crippen LogP contribution in [-0.4, -0.2) is 91.6 Å².